The van der Waals surface area contributed by atoms with Crippen LogP contribution in [0.5, 0.6) is 5.75 Å². The Morgan fingerprint density at radius 1 is 1.45 bits per heavy atom. The lowest BCUT2D eigenvalue weighted by Gasteiger charge is -2.14. The van der Waals surface area contributed by atoms with Crippen molar-refractivity contribution in [1.29, 1.82) is 0 Å². The summed E-state index contributed by atoms with van der Waals surface area (Å²) in [5, 5.41) is 9.88. The molecule has 0 bridgehead atoms. The van der Waals surface area contributed by atoms with Crippen LogP contribution < -0.4 is 10.3 Å². The number of hydrogen-bond acceptors (Lipinski definition) is 4. The van der Waals surface area contributed by atoms with Gasteiger partial charge in [-0.3, -0.25) is 4.79 Å². The van der Waals surface area contributed by atoms with E-state index >= 15 is 0 Å². The lowest BCUT2D eigenvalue weighted by atomic mass is 10.0. The van der Waals surface area contributed by atoms with Gasteiger partial charge in [-0.05, 0) is 30.5 Å². The van der Waals surface area contributed by atoms with Gasteiger partial charge in [-0.15, -0.1) is 0 Å². The Morgan fingerprint density at radius 2 is 2.15 bits per heavy atom. The molecule has 0 aliphatic rings. The summed E-state index contributed by atoms with van der Waals surface area (Å²) < 4.78 is 7.22. The maximum Gasteiger partial charge on any atom is 0.327 e. The van der Waals surface area contributed by atoms with Gasteiger partial charge in [-0.2, -0.15) is 0 Å². The number of ether oxygens (including phenoxy) is 1. The summed E-state index contributed by atoms with van der Waals surface area (Å²) >= 11 is 1.18. The molecule has 0 aliphatic heterocycles. The van der Waals surface area contributed by atoms with E-state index in [1.807, 2.05) is 13.8 Å². The summed E-state index contributed by atoms with van der Waals surface area (Å²) in [5.74, 6) is -0.122. The first-order valence-corrected chi connectivity index (χ1v) is 7.13. The summed E-state index contributed by atoms with van der Waals surface area (Å²) in [7, 11) is 1.56. The molecule has 0 fully saturated rings. The number of aliphatic carboxylic acids is 1. The molecule has 0 unspecified atom stereocenters. The van der Waals surface area contributed by atoms with E-state index in [9.17, 15) is 14.7 Å². The Hall–Kier alpha value is -1.82. The van der Waals surface area contributed by atoms with Gasteiger partial charge in [-0.25, -0.2) is 8.75 Å². The van der Waals surface area contributed by atoms with Gasteiger partial charge in [0.25, 0.3) is 5.56 Å². The zero-order chi connectivity index (χ0) is 14.9. The predicted octanol–water partition coefficient (Wildman–Crippen LogP) is 2.74. The number of methoxy groups -OCH3 is 1. The minimum Gasteiger partial charge on any atom is -0.497 e. The molecule has 6 heteroatoms. The average molecular weight is 295 g/mol. The molecule has 0 amide bonds. The first kappa shape index (κ1) is 14.6. The van der Waals surface area contributed by atoms with E-state index in [0.717, 1.165) is 4.70 Å². The monoisotopic (exact) mass is 295 g/mol. The van der Waals surface area contributed by atoms with Crippen LogP contribution in [0.3, 0.4) is 0 Å². The molecule has 0 saturated carbocycles. The number of carboxylic acids is 1. The standard InChI is InChI=1S/C14H17NO4S/c1-8(2)6-11(14(17)18)15-13(16)10-5-4-9(19-3)7-12(10)20-15/h4-5,7-8,11H,6H2,1-3H3,(H,17,18)/t11-/m0/s1. The highest BCUT2D eigenvalue weighted by Gasteiger charge is 2.24. The molecule has 5 nitrogen and oxygen atoms in total. The Balaban J connectivity index is 2.55. The summed E-state index contributed by atoms with van der Waals surface area (Å²) in [6, 6.07) is 4.33. The minimum atomic E-state index is -0.973. The minimum absolute atomic E-state index is 0.197. The Bertz CT molecular complexity index is 686. The van der Waals surface area contributed by atoms with Crippen LogP contribution in [0.15, 0.2) is 23.0 Å². The molecule has 2 aromatic rings. The van der Waals surface area contributed by atoms with Crippen molar-refractivity contribution < 1.29 is 14.6 Å². The SMILES string of the molecule is COc1ccc2c(=O)n([C@@H](CC(C)C)C(=O)O)sc2c1. The number of aromatic nitrogens is 1. The summed E-state index contributed by atoms with van der Waals surface area (Å²) in [4.78, 5) is 23.7. The van der Waals surface area contributed by atoms with Gasteiger partial charge in [0.1, 0.15) is 11.8 Å². The molecule has 2 rings (SSSR count). The fourth-order valence-corrected chi connectivity index (χ4v) is 3.22. The number of benzene rings is 1. The third-order valence-corrected chi connectivity index (χ3v) is 4.23. The van der Waals surface area contributed by atoms with E-state index in [4.69, 9.17) is 4.74 Å². The average Bonchev–Trinajstić information content (AvgIpc) is 2.72. The maximum atomic E-state index is 12.3. The van der Waals surface area contributed by atoms with Gasteiger partial charge in [0.15, 0.2) is 0 Å². The molecule has 1 N–H and O–H groups in total. The molecule has 1 heterocycles. The largest absolute Gasteiger partial charge is 0.497 e. The van der Waals surface area contributed by atoms with Crippen molar-refractivity contribution in [3.63, 3.8) is 0 Å². The fraction of sp³-hybridized carbons (Fsp3) is 0.429. The first-order valence-electron chi connectivity index (χ1n) is 6.36. The Kier molecular flexibility index (Phi) is 4.13. The number of carboxylic acid groups (broad SMARTS) is 1. The van der Waals surface area contributed by atoms with Gasteiger partial charge < -0.3 is 9.84 Å². The van der Waals surface area contributed by atoms with Crippen LogP contribution >= 0.6 is 11.5 Å². The van der Waals surface area contributed by atoms with Crippen LogP contribution in [0.25, 0.3) is 10.1 Å². The molecule has 0 saturated heterocycles. The van der Waals surface area contributed by atoms with Gasteiger partial charge in [-0.1, -0.05) is 25.4 Å². The lowest BCUT2D eigenvalue weighted by Crippen LogP contribution is -2.26. The molecule has 0 radical (unpaired) electrons. The summed E-state index contributed by atoms with van der Waals surface area (Å²) in [6.45, 7) is 3.88. The van der Waals surface area contributed by atoms with Crippen molar-refractivity contribution >= 4 is 27.6 Å². The van der Waals surface area contributed by atoms with Gasteiger partial charge >= 0.3 is 5.97 Å². The van der Waals surface area contributed by atoms with E-state index in [-0.39, 0.29) is 11.5 Å². The van der Waals surface area contributed by atoms with Gasteiger partial charge in [0.2, 0.25) is 0 Å². The van der Waals surface area contributed by atoms with Crippen molar-refractivity contribution in [1.82, 2.24) is 3.96 Å². The van der Waals surface area contributed by atoms with E-state index < -0.39 is 12.0 Å². The van der Waals surface area contributed by atoms with Crippen LogP contribution in [0.4, 0.5) is 0 Å². The van der Waals surface area contributed by atoms with Gasteiger partial charge in [0.05, 0.1) is 17.2 Å². The number of rotatable bonds is 5. The molecule has 0 spiro atoms. The van der Waals surface area contributed by atoms with Crippen molar-refractivity contribution in [2.45, 2.75) is 26.3 Å². The number of carbonyl (C=O) groups is 1. The number of nitrogens with zero attached hydrogens (tertiary/aromatic N) is 1. The van der Waals surface area contributed by atoms with Crippen molar-refractivity contribution in [2.75, 3.05) is 7.11 Å². The van der Waals surface area contributed by atoms with Crippen LogP contribution in [0, 0.1) is 5.92 Å². The van der Waals surface area contributed by atoms with Crippen molar-refractivity contribution in [3.8, 4) is 5.75 Å². The van der Waals surface area contributed by atoms with Crippen molar-refractivity contribution in [3.05, 3.63) is 28.6 Å². The predicted molar refractivity (Wildman–Crippen MR) is 78.8 cm³/mol. The second-order valence-electron chi connectivity index (χ2n) is 5.07. The van der Waals surface area contributed by atoms with Crippen LogP contribution in [-0.4, -0.2) is 22.1 Å². The van der Waals surface area contributed by atoms with E-state index in [1.54, 1.807) is 25.3 Å². The van der Waals surface area contributed by atoms with Crippen LogP contribution in [-0.2, 0) is 4.79 Å². The third-order valence-electron chi connectivity index (χ3n) is 3.08. The highest BCUT2D eigenvalue weighted by Crippen LogP contribution is 2.27. The first-order chi connectivity index (χ1) is 9.43. The Morgan fingerprint density at radius 3 is 2.70 bits per heavy atom. The van der Waals surface area contributed by atoms with Crippen LogP contribution in [0.1, 0.15) is 26.3 Å². The molecule has 108 valence electrons. The van der Waals surface area contributed by atoms with E-state index in [1.165, 1.54) is 15.5 Å². The normalized spacial score (nSPS) is 12.8. The quantitative estimate of drug-likeness (QED) is 0.921. The number of fused-ring (bicyclic) bond motifs is 1. The summed E-state index contributed by atoms with van der Waals surface area (Å²) in [6.07, 6.45) is 0.430. The highest BCUT2D eigenvalue weighted by molar-refractivity contribution is 7.14. The summed E-state index contributed by atoms with van der Waals surface area (Å²) in [5.41, 5.74) is -0.249. The molecule has 1 aromatic heterocycles. The van der Waals surface area contributed by atoms with E-state index in [2.05, 4.69) is 0 Å². The Labute approximate surface area is 120 Å². The van der Waals surface area contributed by atoms with Crippen LogP contribution in [0.2, 0.25) is 0 Å². The fourth-order valence-electron chi connectivity index (χ4n) is 2.10. The topological polar surface area (TPSA) is 68.5 Å². The smallest absolute Gasteiger partial charge is 0.327 e. The number of hydrogen-bond donors (Lipinski definition) is 1. The molecule has 20 heavy (non-hydrogen) atoms. The second-order valence-corrected chi connectivity index (χ2v) is 6.08. The molecule has 0 aliphatic carbocycles. The molecular formula is C14H17NO4S. The maximum absolute atomic E-state index is 12.3. The second kappa shape index (κ2) is 5.66. The lowest BCUT2D eigenvalue weighted by molar-refractivity contribution is -0.141. The van der Waals surface area contributed by atoms with Gasteiger partial charge in [0, 0.05) is 0 Å². The zero-order valence-corrected chi connectivity index (χ0v) is 12.4. The third kappa shape index (κ3) is 2.70. The molecule has 1 aromatic carbocycles. The van der Waals surface area contributed by atoms with Crippen molar-refractivity contribution in [2.24, 2.45) is 5.92 Å². The van der Waals surface area contributed by atoms with E-state index in [0.29, 0.717) is 17.6 Å². The molecular weight excluding hydrogens is 278 g/mol. The zero-order valence-electron chi connectivity index (χ0n) is 11.6. The highest BCUT2D eigenvalue weighted by atomic mass is 32.1. The molecule has 1 atom stereocenters.